The van der Waals surface area contributed by atoms with Crippen LogP contribution < -0.4 is 10.6 Å². The molecular formula is C27H33N3O5. The lowest BCUT2D eigenvalue weighted by atomic mass is 9.84. The largest absolute Gasteiger partial charge is 0.480 e. The van der Waals surface area contributed by atoms with Crippen molar-refractivity contribution in [1.82, 2.24) is 15.5 Å². The van der Waals surface area contributed by atoms with Crippen molar-refractivity contribution in [3.63, 3.8) is 0 Å². The predicted octanol–water partition coefficient (Wildman–Crippen LogP) is 3.36. The summed E-state index contributed by atoms with van der Waals surface area (Å²) < 4.78 is 5.73. The number of carbonyl (C=O) groups is 3. The third kappa shape index (κ3) is 5.32. The first-order chi connectivity index (χ1) is 16.6. The van der Waals surface area contributed by atoms with Crippen LogP contribution in [0.2, 0.25) is 0 Å². The summed E-state index contributed by atoms with van der Waals surface area (Å²) in [5.74, 6) is -1.59. The Labute approximate surface area is 205 Å². The minimum absolute atomic E-state index is 0.0122. The average Bonchev–Trinajstić information content (AvgIpc) is 3.13. The molecule has 0 spiro atoms. The second-order valence-electron chi connectivity index (χ2n) is 10.2. The van der Waals surface area contributed by atoms with Crippen molar-refractivity contribution in [2.24, 2.45) is 0 Å². The Hall–Kier alpha value is -3.39. The summed E-state index contributed by atoms with van der Waals surface area (Å²) in [6.45, 7) is 4.48. The van der Waals surface area contributed by atoms with Crippen LogP contribution in [0.5, 0.6) is 0 Å². The summed E-state index contributed by atoms with van der Waals surface area (Å²) >= 11 is 0. The SMILES string of the molecule is CN1CCC(CC(=O)NC(C)(C)C(=O)O)(NC(=O)OCC2c3ccccc3-c3ccccc32)CC1. The fourth-order valence-corrected chi connectivity index (χ4v) is 5.00. The molecule has 0 unspecified atom stereocenters. The molecule has 2 aromatic carbocycles. The topological polar surface area (TPSA) is 108 Å². The molecule has 0 atom stereocenters. The molecule has 1 aliphatic carbocycles. The van der Waals surface area contributed by atoms with E-state index in [1.54, 1.807) is 0 Å². The van der Waals surface area contributed by atoms with Crippen LogP contribution in [-0.2, 0) is 14.3 Å². The van der Waals surface area contributed by atoms with E-state index < -0.39 is 29.0 Å². The number of rotatable bonds is 7. The van der Waals surface area contributed by atoms with E-state index in [0.717, 1.165) is 22.3 Å². The van der Waals surface area contributed by atoms with E-state index in [1.807, 2.05) is 31.3 Å². The maximum Gasteiger partial charge on any atom is 0.407 e. The van der Waals surface area contributed by atoms with Crippen molar-refractivity contribution in [3.05, 3.63) is 59.7 Å². The van der Waals surface area contributed by atoms with Gasteiger partial charge in [0.25, 0.3) is 0 Å². The maximum absolute atomic E-state index is 13.0. The molecule has 2 aromatic rings. The fourth-order valence-electron chi connectivity index (χ4n) is 5.00. The third-order valence-corrected chi connectivity index (χ3v) is 7.14. The highest BCUT2D eigenvalue weighted by Crippen LogP contribution is 2.44. The number of carbonyl (C=O) groups excluding carboxylic acids is 2. The van der Waals surface area contributed by atoms with Gasteiger partial charge >= 0.3 is 12.1 Å². The van der Waals surface area contributed by atoms with Gasteiger partial charge in [0, 0.05) is 25.4 Å². The Morgan fingerprint density at radius 1 is 1.03 bits per heavy atom. The van der Waals surface area contributed by atoms with Crippen LogP contribution in [0.1, 0.15) is 50.2 Å². The molecule has 1 saturated heterocycles. The van der Waals surface area contributed by atoms with Gasteiger partial charge < -0.3 is 25.4 Å². The Bertz CT molecular complexity index is 1080. The fraction of sp³-hybridized carbons (Fsp3) is 0.444. The Balaban J connectivity index is 1.44. The number of carboxylic acids is 1. The standard InChI is InChI=1S/C27H33N3O5/c1-26(2,24(32)33)28-23(31)16-27(12-14-30(3)15-13-27)29-25(34)35-17-22-20-10-6-4-8-18(20)19-9-5-7-11-21(19)22/h4-11,22H,12-17H2,1-3H3,(H,28,31)(H,29,34)(H,32,33). The quantitative estimate of drug-likeness (QED) is 0.562. The van der Waals surface area contributed by atoms with Crippen molar-refractivity contribution < 1.29 is 24.2 Å². The minimum atomic E-state index is -1.40. The number of fused-ring (bicyclic) bond motifs is 3. The lowest BCUT2D eigenvalue weighted by molar-refractivity contribution is -0.146. The molecule has 2 amide bonds. The zero-order valence-electron chi connectivity index (χ0n) is 20.5. The van der Waals surface area contributed by atoms with Gasteiger partial charge in [-0.05, 0) is 56.0 Å². The molecule has 3 N–H and O–H groups in total. The van der Waals surface area contributed by atoms with E-state index in [1.165, 1.54) is 13.8 Å². The monoisotopic (exact) mass is 479 g/mol. The van der Waals surface area contributed by atoms with Gasteiger partial charge in [-0.25, -0.2) is 9.59 Å². The molecule has 1 fully saturated rings. The molecule has 35 heavy (non-hydrogen) atoms. The number of alkyl carbamates (subject to hydrolysis) is 1. The van der Waals surface area contributed by atoms with Gasteiger partial charge in [-0.1, -0.05) is 48.5 Å². The van der Waals surface area contributed by atoms with Crippen molar-refractivity contribution in [2.75, 3.05) is 26.7 Å². The predicted molar refractivity (Wildman–Crippen MR) is 132 cm³/mol. The molecule has 8 nitrogen and oxygen atoms in total. The van der Waals surface area contributed by atoms with Crippen LogP contribution in [0.4, 0.5) is 4.79 Å². The number of nitrogens with one attached hydrogen (secondary N) is 2. The minimum Gasteiger partial charge on any atom is -0.480 e. The average molecular weight is 480 g/mol. The number of piperidine rings is 1. The Morgan fingerprint density at radius 2 is 1.57 bits per heavy atom. The van der Waals surface area contributed by atoms with Crippen LogP contribution in [0.15, 0.2) is 48.5 Å². The second kappa shape index (κ2) is 9.70. The lowest BCUT2D eigenvalue weighted by Gasteiger charge is -2.41. The number of benzene rings is 2. The van der Waals surface area contributed by atoms with E-state index in [4.69, 9.17) is 4.74 Å². The van der Waals surface area contributed by atoms with Crippen LogP contribution in [0.3, 0.4) is 0 Å². The number of hydrogen-bond acceptors (Lipinski definition) is 5. The van der Waals surface area contributed by atoms with Gasteiger partial charge in [0.1, 0.15) is 12.1 Å². The Morgan fingerprint density at radius 3 is 2.11 bits per heavy atom. The second-order valence-corrected chi connectivity index (χ2v) is 10.2. The molecule has 4 rings (SSSR count). The molecule has 0 aromatic heterocycles. The normalized spacial score (nSPS) is 17.2. The van der Waals surface area contributed by atoms with Crippen LogP contribution >= 0.6 is 0 Å². The van der Waals surface area contributed by atoms with Crippen molar-refractivity contribution in [3.8, 4) is 11.1 Å². The highest BCUT2D eigenvalue weighted by molar-refractivity contribution is 5.87. The molecule has 186 valence electrons. The van der Waals surface area contributed by atoms with E-state index in [-0.39, 0.29) is 18.9 Å². The van der Waals surface area contributed by atoms with Gasteiger partial charge in [0.15, 0.2) is 0 Å². The molecule has 8 heteroatoms. The van der Waals surface area contributed by atoms with Gasteiger partial charge in [0.05, 0.1) is 5.54 Å². The van der Waals surface area contributed by atoms with Crippen molar-refractivity contribution in [1.29, 1.82) is 0 Å². The number of likely N-dealkylation sites (tertiary alicyclic amines) is 1. The molecule has 1 aliphatic heterocycles. The van der Waals surface area contributed by atoms with Gasteiger partial charge in [0.2, 0.25) is 5.91 Å². The first-order valence-electron chi connectivity index (χ1n) is 12.0. The highest BCUT2D eigenvalue weighted by atomic mass is 16.5. The van der Waals surface area contributed by atoms with E-state index >= 15 is 0 Å². The van der Waals surface area contributed by atoms with Crippen molar-refractivity contribution in [2.45, 2.75) is 50.1 Å². The highest BCUT2D eigenvalue weighted by Gasteiger charge is 2.40. The first kappa shape index (κ1) is 24.7. The van der Waals surface area contributed by atoms with E-state index in [0.29, 0.717) is 25.9 Å². The van der Waals surface area contributed by atoms with E-state index in [2.05, 4.69) is 39.8 Å². The third-order valence-electron chi connectivity index (χ3n) is 7.14. The zero-order chi connectivity index (χ0) is 25.2. The van der Waals surface area contributed by atoms with Crippen LogP contribution in [0.25, 0.3) is 11.1 Å². The summed E-state index contributed by atoms with van der Waals surface area (Å²) in [6, 6.07) is 16.3. The Kier molecular flexibility index (Phi) is 6.85. The lowest BCUT2D eigenvalue weighted by Crippen LogP contribution is -2.58. The number of amides is 2. The summed E-state index contributed by atoms with van der Waals surface area (Å²) in [6.07, 6.45) is 0.548. The smallest absolute Gasteiger partial charge is 0.407 e. The molecule has 0 radical (unpaired) electrons. The number of aliphatic carboxylic acids is 1. The molecule has 0 saturated carbocycles. The summed E-state index contributed by atoms with van der Waals surface area (Å²) in [5, 5.41) is 14.9. The molecule has 0 bridgehead atoms. The van der Waals surface area contributed by atoms with Crippen LogP contribution in [0, 0.1) is 0 Å². The number of hydrogen-bond donors (Lipinski definition) is 3. The van der Waals surface area contributed by atoms with Crippen LogP contribution in [-0.4, -0.2) is 65.8 Å². The molecule has 2 aliphatic rings. The van der Waals surface area contributed by atoms with Gasteiger partial charge in [-0.2, -0.15) is 0 Å². The molecule has 1 heterocycles. The summed E-state index contributed by atoms with van der Waals surface area (Å²) in [7, 11) is 1.99. The van der Waals surface area contributed by atoms with Crippen molar-refractivity contribution >= 4 is 18.0 Å². The summed E-state index contributed by atoms with van der Waals surface area (Å²) in [4.78, 5) is 39.3. The van der Waals surface area contributed by atoms with Gasteiger partial charge in [-0.15, -0.1) is 0 Å². The number of carboxylic acid groups (broad SMARTS) is 1. The number of nitrogens with zero attached hydrogens (tertiary/aromatic N) is 1. The van der Waals surface area contributed by atoms with Gasteiger partial charge in [-0.3, -0.25) is 4.79 Å². The zero-order valence-corrected chi connectivity index (χ0v) is 20.5. The molecular weight excluding hydrogens is 446 g/mol. The first-order valence-corrected chi connectivity index (χ1v) is 12.0. The number of ether oxygens (including phenoxy) is 1. The summed E-state index contributed by atoms with van der Waals surface area (Å²) in [5.41, 5.74) is 2.38. The van der Waals surface area contributed by atoms with E-state index in [9.17, 15) is 19.5 Å². The maximum atomic E-state index is 13.0.